The Morgan fingerprint density at radius 1 is 0.562 bits per heavy atom. The molecule has 64 heavy (non-hydrogen) atoms. The van der Waals surface area contributed by atoms with Crippen LogP contribution in [0.5, 0.6) is 0 Å². The van der Waals surface area contributed by atoms with Crippen LogP contribution in [-0.2, 0) is 22.7 Å². The van der Waals surface area contributed by atoms with Gasteiger partial charge in [0.25, 0.3) is 0 Å². The van der Waals surface area contributed by atoms with Gasteiger partial charge < -0.3 is 36.2 Å². The molecular weight excluding hydrogens is 849 g/mol. The summed E-state index contributed by atoms with van der Waals surface area (Å²) in [6, 6.07) is 34.9. The molecule has 2 heterocycles. The number of aryl methyl sites for hydroxylation is 2. The fraction of sp³-hybridized carbons (Fsp3) is 0.319. The highest BCUT2D eigenvalue weighted by atomic mass is 33.1. The predicted molar refractivity (Wildman–Crippen MR) is 256 cm³/mol. The van der Waals surface area contributed by atoms with Crippen molar-refractivity contribution in [2.75, 3.05) is 74.3 Å². The highest BCUT2D eigenvalue weighted by Gasteiger charge is 2.16. The Balaban J connectivity index is 0.850. The molecular formula is C47H56N10O5S2+2. The molecule has 6 N–H and O–H groups in total. The maximum Gasteiger partial charge on any atom is 0.226 e. The minimum Gasteiger partial charge on any atom is -0.395 e. The van der Waals surface area contributed by atoms with Crippen molar-refractivity contribution in [1.82, 2.24) is 10.6 Å². The molecule has 0 aliphatic carbocycles. The number of hydrogen-bond donors (Lipinski definition) is 6. The minimum atomic E-state index is -0.0101. The molecule has 334 valence electrons. The van der Waals surface area contributed by atoms with E-state index >= 15 is 0 Å². The van der Waals surface area contributed by atoms with Gasteiger partial charge in [0.15, 0.2) is 18.9 Å². The van der Waals surface area contributed by atoms with Crippen LogP contribution in [0.1, 0.15) is 19.3 Å². The first-order valence-corrected chi connectivity index (χ1v) is 23.9. The standard InChI is InChI=1S/C47H54N10O5S2/c58-31-22-48-36-11-13-37(14-12-36)51-53-43-20-27-57(45-9-4-2-7-41(43)45)28-21-47(62)50-24-35-64-63-34-23-49-46(61)10-5-25-56-26-19-42(40-6-1-3-8-44(40)56)54-52-38-15-17-39(18-16-38)55(29-32-59)30-33-60/h1-4,6-9,11-20,26-27,58-60H,5,10,21-25,28-35H2,(H-,49,50,61,62)/p+2. The van der Waals surface area contributed by atoms with E-state index in [1.807, 2.05) is 126 Å². The molecule has 0 aliphatic rings. The molecule has 0 fully saturated rings. The number of nitrogens with zero attached hydrogens (tertiary/aromatic N) is 7. The van der Waals surface area contributed by atoms with E-state index in [2.05, 4.69) is 45.5 Å². The van der Waals surface area contributed by atoms with Crippen LogP contribution in [0.3, 0.4) is 0 Å². The lowest BCUT2D eigenvalue weighted by molar-refractivity contribution is -0.671. The van der Waals surface area contributed by atoms with E-state index in [9.17, 15) is 19.8 Å². The first-order chi connectivity index (χ1) is 31.4. The van der Waals surface area contributed by atoms with Gasteiger partial charge in [-0.05, 0) is 60.7 Å². The van der Waals surface area contributed by atoms with Crippen molar-refractivity contribution in [3.63, 3.8) is 0 Å². The van der Waals surface area contributed by atoms with Crippen LogP contribution in [0.4, 0.5) is 34.1 Å². The molecule has 0 atom stereocenters. The van der Waals surface area contributed by atoms with Crippen molar-refractivity contribution in [2.45, 2.75) is 32.4 Å². The molecule has 2 amide bonds. The van der Waals surface area contributed by atoms with Gasteiger partial charge >= 0.3 is 0 Å². The summed E-state index contributed by atoms with van der Waals surface area (Å²) in [5, 5.41) is 56.7. The van der Waals surface area contributed by atoms with Crippen LogP contribution in [0.2, 0.25) is 0 Å². The molecule has 2 aromatic heterocycles. The summed E-state index contributed by atoms with van der Waals surface area (Å²) < 4.78 is 4.19. The van der Waals surface area contributed by atoms with Crippen LogP contribution in [-0.4, -0.2) is 91.2 Å². The van der Waals surface area contributed by atoms with Gasteiger partial charge in [0, 0.05) is 92.7 Å². The zero-order valence-corrected chi connectivity index (χ0v) is 37.4. The number of carbonyl (C=O) groups is 2. The average molecular weight is 905 g/mol. The van der Waals surface area contributed by atoms with E-state index in [1.165, 1.54) is 0 Å². The smallest absolute Gasteiger partial charge is 0.226 e. The quantitative estimate of drug-likeness (QED) is 0.0143. The Morgan fingerprint density at radius 2 is 1.08 bits per heavy atom. The molecule has 0 radical (unpaired) electrons. The second-order valence-corrected chi connectivity index (χ2v) is 17.3. The van der Waals surface area contributed by atoms with Gasteiger partial charge in [-0.15, -0.1) is 10.2 Å². The van der Waals surface area contributed by atoms with Gasteiger partial charge in [0.05, 0.1) is 48.4 Å². The molecule has 0 spiro atoms. The molecule has 6 aromatic rings. The number of azo groups is 2. The number of aromatic nitrogens is 2. The number of fused-ring (bicyclic) bond motifs is 2. The van der Waals surface area contributed by atoms with Gasteiger partial charge in [0.2, 0.25) is 22.8 Å². The molecule has 0 bridgehead atoms. The first kappa shape index (κ1) is 47.5. The zero-order valence-electron chi connectivity index (χ0n) is 35.8. The minimum absolute atomic E-state index is 0.000929. The Kier molecular flexibility index (Phi) is 19.3. The van der Waals surface area contributed by atoms with Crippen LogP contribution >= 0.6 is 21.6 Å². The fourth-order valence-electron chi connectivity index (χ4n) is 6.91. The topological polar surface area (TPSA) is 191 Å². The number of para-hydroxylation sites is 2. The number of carbonyl (C=O) groups excluding carboxylic acids is 2. The monoisotopic (exact) mass is 904 g/mol. The number of aliphatic hydroxyl groups is 3. The van der Waals surface area contributed by atoms with Crippen LogP contribution in [0.25, 0.3) is 21.8 Å². The molecule has 0 saturated carbocycles. The summed E-state index contributed by atoms with van der Waals surface area (Å²) in [5.41, 5.74) is 6.67. The Morgan fingerprint density at radius 3 is 1.62 bits per heavy atom. The number of pyridine rings is 2. The molecule has 15 nitrogen and oxygen atoms in total. The Labute approximate surface area is 381 Å². The number of anilines is 2. The summed E-state index contributed by atoms with van der Waals surface area (Å²) in [5.74, 6) is 1.54. The Bertz CT molecular complexity index is 2470. The van der Waals surface area contributed by atoms with Gasteiger partial charge in [-0.2, -0.15) is 19.4 Å². The number of benzene rings is 4. The molecule has 0 aliphatic heterocycles. The highest BCUT2D eigenvalue weighted by molar-refractivity contribution is 8.76. The number of nitrogens with one attached hydrogen (secondary N) is 3. The summed E-state index contributed by atoms with van der Waals surface area (Å²) in [7, 11) is 3.35. The van der Waals surface area contributed by atoms with Crippen molar-refractivity contribution in [3.05, 3.63) is 122 Å². The Hall–Kier alpha value is -5.98. The normalized spacial score (nSPS) is 11.5. The van der Waals surface area contributed by atoms with E-state index in [0.29, 0.717) is 70.8 Å². The van der Waals surface area contributed by atoms with Crippen molar-refractivity contribution in [1.29, 1.82) is 0 Å². The number of rotatable bonds is 26. The van der Waals surface area contributed by atoms with Crippen LogP contribution in [0, 0.1) is 0 Å². The maximum atomic E-state index is 12.7. The third-order valence-electron chi connectivity index (χ3n) is 10.1. The molecule has 17 heteroatoms. The van der Waals surface area contributed by atoms with Crippen LogP contribution in [0.15, 0.2) is 142 Å². The van der Waals surface area contributed by atoms with Crippen molar-refractivity contribution >= 4 is 89.3 Å². The highest BCUT2D eigenvalue weighted by Crippen LogP contribution is 2.28. The second kappa shape index (κ2) is 26.0. The average Bonchev–Trinajstić information content (AvgIpc) is 3.33. The van der Waals surface area contributed by atoms with Crippen molar-refractivity contribution in [2.24, 2.45) is 20.5 Å². The maximum absolute atomic E-state index is 12.7. The third-order valence-corrected chi connectivity index (χ3v) is 12.5. The summed E-state index contributed by atoms with van der Waals surface area (Å²) in [6.45, 7) is 3.77. The van der Waals surface area contributed by atoms with Crippen molar-refractivity contribution < 1.29 is 34.0 Å². The lowest BCUT2D eigenvalue weighted by Crippen LogP contribution is -2.37. The second-order valence-electron chi connectivity index (χ2n) is 14.6. The van der Waals surface area contributed by atoms with Crippen LogP contribution < -0.4 is 30.0 Å². The lowest BCUT2D eigenvalue weighted by atomic mass is 10.1. The molecule has 0 unspecified atom stereocenters. The molecule has 4 aromatic carbocycles. The van der Waals surface area contributed by atoms with E-state index in [0.717, 1.165) is 61.7 Å². The van der Waals surface area contributed by atoms with E-state index in [1.54, 1.807) is 21.6 Å². The van der Waals surface area contributed by atoms with Gasteiger partial charge in [-0.1, -0.05) is 45.9 Å². The number of amides is 2. The zero-order chi connectivity index (χ0) is 44.8. The first-order valence-electron chi connectivity index (χ1n) is 21.4. The largest absolute Gasteiger partial charge is 0.395 e. The van der Waals surface area contributed by atoms with E-state index < -0.39 is 0 Å². The summed E-state index contributed by atoms with van der Waals surface area (Å²) in [6.07, 6.45) is 5.37. The number of aliphatic hydroxyl groups excluding tert-OH is 3. The van der Waals surface area contributed by atoms with Gasteiger partial charge in [-0.25, -0.2) is 0 Å². The van der Waals surface area contributed by atoms with Gasteiger partial charge in [0.1, 0.15) is 17.9 Å². The molecule has 6 rings (SSSR count). The van der Waals surface area contributed by atoms with E-state index in [-0.39, 0.29) is 31.6 Å². The fourth-order valence-corrected chi connectivity index (χ4v) is 8.72. The van der Waals surface area contributed by atoms with Crippen molar-refractivity contribution in [3.8, 4) is 0 Å². The summed E-state index contributed by atoms with van der Waals surface area (Å²) >= 11 is 0. The van der Waals surface area contributed by atoms with E-state index in [4.69, 9.17) is 5.11 Å². The predicted octanol–water partition coefficient (Wildman–Crippen LogP) is 7.08. The molecule has 0 saturated heterocycles. The summed E-state index contributed by atoms with van der Waals surface area (Å²) in [4.78, 5) is 27.2. The lowest BCUT2D eigenvalue weighted by Gasteiger charge is -2.22. The SMILES string of the molecule is O=C(CCC[n+]1ccc(/N=N/c2ccc(N(CCO)CCO)cc2)c2ccccc21)NCCSSCCNC(=O)CC[n+]1ccc(/N=N/c2ccc(NCCO)cc2)c2ccccc21. The van der Waals surface area contributed by atoms with Gasteiger partial charge in [-0.3, -0.25) is 9.59 Å². The number of hydrogen-bond acceptors (Lipinski definition) is 13. The third kappa shape index (κ3) is 14.5.